The Kier molecular flexibility index (Phi) is 8.14. The Morgan fingerprint density at radius 2 is 1.69 bits per heavy atom. The maximum absolute atomic E-state index is 10.1. The Labute approximate surface area is 100 Å². The summed E-state index contributed by atoms with van der Waals surface area (Å²) < 4.78 is 0. The first-order chi connectivity index (χ1) is 7.49. The Balaban J connectivity index is 3.91. The highest BCUT2D eigenvalue weighted by Crippen LogP contribution is 2.26. The molecule has 16 heavy (non-hydrogen) atoms. The highest BCUT2D eigenvalue weighted by Gasteiger charge is 2.18. The molecule has 0 amide bonds. The van der Waals surface area contributed by atoms with Gasteiger partial charge in [-0.3, -0.25) is 0 Å². The number of nitroso groups, excluding NO2 is 1. The largest absolute Gasteiger partial charge is 0.151 e. The van der Waals surface area contributed by atoms with Crippen LogP contribution < -0.4 is 0 Å². The fourth-order valence-corrected chi connectivity index (χ4v) is 1.98. The molecule has 0 spiro atoms. The molecular weight excluding hydrogens is 198 g/mol. The van der Waals surface area contributed by atoms with E-state index in [9.17, 15) is 4.91 Å². The normalized spacial score (nSPS) is 16.3. The first-order valence-corrected chi connectivity index (χ1v) is 6.41. The number of hydrogen-bond donors (Lipinski definition) is 0. The van der Waals surface area contributed by atoms with Crippen molar-refractivity contribution < 1.29 is 0 Å². The maximum atomic E-state index is 10.1. The zero-order valence-electron chi connectivity index (χ0n) is 11.5. The first kappa shape index (κ1) is 15.3. The number of nitrogens with zero attached hydrogens (tertiary/aromatic N) is 1. The third kappa shape index (κ3) is 6.76. The zero-order chi connectivity index (χ0) is 12.6. The lowest BCUT2D eigenvalue weighted by atomic mass is 9.81. The summed E-state index contributed by atoms with van der Waals surface area (Å²) in [5.41, 5.74) is 1.40. The summed E-state index contributed by atoms with van der Waals surface area (Å²) in [5, 5.41) is 2.94. The van der Waals surface area contributed by atoms with Gasteiger partial charge in [0.1, 0.15) is 0 Å². The minimum atomic E-state index is 0.464. The molecule has 0 rings (SSSR count). The minimum Gasteiger partial charge on any atom is -0.151 e. The molecule has 0 radical (unpaired) electrons. The van der Waals surface area contributed by atoms with Crippen LogP contribution in [-0.2, 0) is 0 Å². The van der Waals surface area contributed by atoms with Crippen molar-refractivity contribution >= 4 is 0 Å². The van der Waals surface area contributed by atoms with Gasteiger partial charge < -0.3 is 0 Å². The number of allylic oxidation sites excluding steroid dienone is 2. The summed E-state index contributed by atoms with van der Waals surface area (Å²) in [4.78, 5) is 10.1. The van der Waals surface area contributed by atoms with Gasteiger partial charge in [0.2, 0.25) is 0 Å². The van der Waals surface area contributed by atoms with Crippen molar-refractivity contribution in [3.8, 4) is 0 Å². The molecule has 3 unspecified atom stereocenters. The molecule has 0 heterocycles. The summed E-state index contributed by atoms with van der Waals surface area (Å²) in [6.07, 6.45) is 5.65. The van der Waals surface area contributed by atoms with Crippen LogP contribution in [0.3, 0.4) is 0 Å². The zero-order valence-corrected chi connectivity index (χ0v) is 11.5. The molecule has 0 aromatic carbocycles. The highest BCUT2D eigenvalue weighted by atomic mass is 16.3. The molecule has 0 saturated carbocycles. The van der Waals surface area contributed by atoms with E-state index in [0.29, 0.717) is 18.4 Å². The van der Waals surface area contributed by atoms with E-state index in [1.165, 1.54) is 18.4 Å². The van der Waals surface area contributed by atoms with E-state index in [4.69, 9.17) is 0 Å². The predicted molar refractivity (Wildman–Crippen MR) is 71.4 cm³/mol. The van der Waals surface area contributed by atoms with Gasteiger partial charge in [0.25, 0.3) is 0 Å². The van der Waals surface area contributed by atoms with Crippen molar-refractivity contribution in [2.45, 2.75) is 53.9 Å². The first-order valence-electron chi connectivity index (χ1n) is 6.41. The standard InChI is InChI=1S/C14H27NO/c1-11(2)7-6-8-12(3)14(5)13(4)9-10-15-16/h7,12-14H,6,8-10H2,1-5H3. The minimum absolute atomic E-state index is 0.464. The summed E-state index contributed by atoms with van der Waals surface area (Å²) >= 11 is 0. The van der Waals surface area contributed by atoms with Gasteiger partial charge in [0.15, 0.2) is 0 Å². The van der Waals surface area contributed by atoms with Crippen molar-refractivity contribution in [3.05, 3.63) is 16.6 Å². The molecule has 0 N–H and O–H groups in total. The van der Waals surface area contributed by atoms with Crippen LogP contribution in [-0.4, -0.2) is 6.54 Å². The average Bonchev–Trinajstić information content (AvgIpc) is 2.24. The second kappa shape index (κ2) is 8.49. The van der Waals surface area contributed by atoms with Crippen molar-refractivity contribution in [2.24, 2.45) is 22.9 Å². The lowest BCUT2D eigenvalue weighted by molar-refractivity contribution is 0.258. The van der Waals surface area contributed by atoms with Crippen LogP contribution in [0.5, 0.6) is 0 Å². The third-order valence-corrected chi connectivity index (χ3v) is 3.65. The lowest BCUT2D eigenvalue weighted by Gasteiger charge is -2.25. The van der Waals surface area contributed by atoms with Gasteiger partial charge in [-0.05, 0) is 50.9 Å². The van der Waals surface area contributed by atoms with Crippen LogP contribution in [0.25, 0.3) is 0 Å². The third-order valence-electron chi connectivity index (χ3n) is 3.65. The SMILES string of the molecule is CC(C)=CCCC(C)C(C)C(C)CCN=O. The van der Waals surface area contributed by atoms with Crippen LogP contribution in [0.1, 0.15) is 53.9 Å². The Bertz CT molecular complexity index is 219. The predicted octanol–water partition coefficient (Wildman–Crippen LogP) is 4.80. The van der Waals surface area contributed by atoms with E-state index < -0.39 is 0 Å². The van der Waals surface area contributed by atoms with Crippen LogP contribution in [0, 0.1) is 22.7 Å². The maximum Gasteiger partial charge on any atom is 0.0813 e. The molecule has 2 heteroatoms. The Morgan fingerprint density at radius 1 is 1.12 bits per heavy atom. The molecule has 0 aromatic rings. The molecule has 0 saturated heterocycles. The van der Waals surface area contributed by atoms with E-state index in [1.54, 1.807) is 0 Å². The fraction of sp³-hybridized carbons (Fsp3) is 0.857. The molecule has 3 atom stereocenters. The molecule has 0 aromatic heterocycles. The van der Waals surface area contributed by atoms with Gasteiger partial charge in [-0.1, -0.05) is 37.6 Å². The second-order valence-electron chi connectivity index (χ2n) is 5.31. The highest BCUT2D eigenvalue weighted by molar-refractivity contribution is 4.93. The number of rotatable bonds is 8. The number of hydrogen-bond acceptors (Lipinski definition) is 2. The molecule has 0 aliphatic carbocycles. The molecular formula is C14H27NO. The fourth-order valence-electron chi connectivity index (χ4n) is 1.98. The quantitative estimate of drug-likeness (QED) is 0.431. The molecule has 0 aliphatic rings. The van der Waals surface area contributed by atoms with Crippen molar-refractivity contribution in [3.63, 3.8) is 0 Å². The van der Waals surface area contributed by atoms with E-state index in [2.05, 4.69) is 45.9 Å². The smallest absolute Gasteiger partial charge is 0.0813 e. The Morgan fingerprint density at radius 3 is 2.19 bits per heavy atom. The molecule has 0 bridgehead atoms. The van der Waals surface area contributed by atoms with Crippen LogP contribution in [0.15, 0.2) is 16.8 Å². The molecule has 94 valence electrons. The van der Waals surface area contributed by atoms with Gasteiger partial charge in [-0.15, -0.1) is 0 Å². The summed E-state index contributed by atoms with van der Waals surface area (Å²) in [6, 6.07) is 0. The van der Waals surface area contributed by atoms with Crippen LogP contribution in [0.2, 0.25) is 0 Å². The van der Waals surface area contributed by atoms with Crippen molar-refractivity contribution in [2.75, 3.05) is 6.54 Å². The van der Waals surface area contributed by atoms with Gasteiger partial charge in [-0.25, -0.2) is 0 Å². The van der Waals surface area contributed by atoms with E-state index >= 15 is 0 Å². The van der Waals surface area contributed by atoms with E-state index in [-0.39, 0.29) is 0 Å². The Hall–Kier alpha value is -0.660. The van der Waals surface area contributed by atoms with E-state index in [0.717, 1.165) is 12.3 Å². The van der Waals surface area contributed by atoms with Gasteiger partial charge in [0.05, 0.1) is 6.54 Å². The second-order valence-corrected chi connectivity index (χ2v) is 5.31. The topological polar surface area (TPSA) is 29.4 Å². The molecule has 0 aliphatic heterocycles. The van der Waals surface area contributed by atoms with Gasteiger partial charge in [0, 0.05) is 0 Å². The van der Waals surface area contributed by atoms with Gasteiger partial charge in [-0.2, -0.15) is 4.91 Å². The summed E-state index contributed by atoms with van der Waals surface area (Å²) in [6.45, 7) is 11.6. The van der Waals surface area contributed by atoms with Crippen molar-refractivity contribution in [1.29, 1.82) is 0 Å². The average molecular weight is 225 g/mol. The molecule has 0 fully saturated rings. The van der Waals surface area contributed by atoms with E-state index in [1.807, 2.05) is 0 Å². The van der Waals surface area contributed by atoms with Gasteiger partial charge >= 0.3 is 0 Å². The summed E-state index contributed by atoms with van der Waals surface area (Å²) in [7, 11) is 0. The van der Waals surface area contributed by atoms with Crippen LogP contribution >= 0.6 is 0 Å². The van der Waals surface area contributed by atoms with Crippen LogP contribution in [0.4, 0.5) is 0 Å². The van der Waals surface area contributed by atoms with Crippen molar-refractivity contribution in [1.82, 2.24) is 0 Å². The monoisotopic (exact) mass is 225 g/mol. The summed E-state index contributed by atoms with van der Waals surface area (Å²) in [5.74, 6) is 1.99. The lowest BCUT2D eigenvalue weighted by Crippen LogP contribution is -2.17. The molecule has 2 nitrogen and oxygen atoms in total.